The molecule has 23 heavy (non-hydrogen) atoms. The number of carbonyl (C=O) groups is 1. The van der Waals surface area contributed by atoms with Gasteiger partial charge in [-0.3, -0.25) is 4.79 Å². The molecule has 0 aliphatic heterocycles. The molecule has 0 radical (unpaired) electrons. The summed E-state index contributed by atoms with van der Waals surface area (Å²) in [5, 5.41) is 12.3. The lowest BCUT2D eigenvalue weighted by molar-refractivity contribution is -0.127. The number of hydrogen-bond donors (Lipinski definition) is 1. The molecule has 1 unspecified atom stereocenters. The van der Waals surface area contributed by atoms with E-state index in [4.69, 9.17) is 21.6 Å². The fraction of sp³-hybridized carbons (Fsp3) is 0.222. The van der Waals surface area contributed by atoms with E-state index in [2.05, 4.69) is 11.4 Å². The summed E-state index contributed by atoms with van der Waals surface area (Å²) >= 11 is 5.90. The van der Waals surface area contributed by atoms with Crippen LogP contribution in [0.25, 0.3) is 0 Å². The van der Waals surface area contributed by atoms with E-state index in [1.165, 1.54) is 0 Å². The minimum atomic E-state index is -0.631. The van der Waals surface area contributed by atoms with E-state index in [9.17, 15) is 4.79 Å². The SMILES string of the molecule is Cc1cc(Cl)ccc1OC(C)C(=O)NCc1cccc(C#N)c1. The molecule has 0 aliphatic rings. The number of benzene rings is 2. The van der Waals surface area contributed by atoms with Crippen molar-refractivity contribution in [2.24, 2.45) is 0 Å². The molecule has 0 aromatic heterocycles. The van der Waals surface area contributed by atoms with Gasteiger partial charge < -0.3 is 10.1 Å². The number of hydrogen-bond acceptors (Lipinski definition) is 3. The standard InChI is InChI=1S/C18H17ClN2O2/c1-12-8-16(19)6-7-17(12)23-13(2)18(22)21-11-15-5-3-4-14(9-15)10-20/h3-9,13H,11H2,1-2H3,(H,21,22). The molecule has 1 N–H and O–H groups in total. The van der Waals surface area contributed by atoms with Crippen LogP contribution in [0.2, 0.25) is 5.02 Å². The second-order valence-electron chi connectivity index (χ2n) is 5.20. The lowest BCUT2D eigenvalue weighted by atomic mass is 10.1. The number of aryl methyl sites for hydroxylation is 1. The Morgan fingerprint density at radius 2 is 2.13 bits per heavy atom. The fourth-order valence-corrected chi connectivity index (χ4v) is 2.30. The minimum absolute atomic E-state index is 0.221. The molecular weight excluding hydrogens is 312 g/mol. The topological polar surface area (TPSA) is 62.1 Å². The second kappa shape index (κ2) is 7.66. The Labute approximate surface area is 140 Å². The lowest BCUT2D eigenvalue weighted by Crippen LogP contribution is -2.36. The van der Waals surface area contributed by atoms with Crippen molar-refractivity contribution >= 4 is 17.5 Å². The highest BCUT2D eigenvalue weighted by molar-refractivity contribution is 6.30. The average Bonchev–Trinajstić information content (AvgIpc) is 2.55. The molecule has 0 bridgehead atoms. The van der Waals surface area contributed by atoms with E-state index in [-0.39, 0.29) is 5.91 Å². The first kappa shape index (κ1) is 16.9. The molecule has 2 rings (SSSR count). The van der Waals surface area contributed by atoms with Crippen LogP contribution in [-0.2, 0) is 11.3 Å². The van der Waals surface area contributed by atoms with Crippen LogP contribution >= 0.6 is 11.6 Å². The third-order valence-corrected chi connectivity index (χ3v) is 3.57. The van der Waals surface area contributed by atoms with E-state index in [1.807, 2.05) is 13.0 Å². The molecule has 118 valence electrons. The molecular formula is C18H17ClN2O2. The summed E-state index contributed by atoms with van der Waals surface area (Å²) in [6.07, 6.45) is -0.631. The molecule has 0 spiro atoms. The van der Waals surface area contributed by atoms with E-state index in [0.29, 0.717) is 22.9 Å². The van der Waals surface area contributed by atoms with Gasteiger partial charge in [0.2, 0.25) is 0 Å². The maximum Gasteiger partial charge on any atom is 0.261 e. The van der Waals surface area contributed by atoms with Gasteiger partial charge in [-0.15, -0.1) is 0 Å². The number of nitrogens with one attached hydrogen (secondary N) is 1. The van der Waals surface area contributed by atoms with E-state index in [1.54, 1.807) is 43.3 Å². The van der Waals surface area contributed by atoms with Gasteiger partial charge in [-0.2, -0.15) is 5.26 Å². The largest absolute Gasteiger partial charge is 0.481 e. The average molecular weight is 329 g/mol. The van der Waals surface area contributed by atoms with Crippen LogP contribution in [0.3, 0.4) is 0 Å². The molecule has 2 aromatic rings. The van der Waals surface area contributed by atoms with Gasteiger partial charge in [-0.25, -0.2) is 0 Å². The van der Waals surface area contributed by atoms with Crippen LogP contribution in [0.1, 0.15) is 23.6 Å². The zero-order chi connectivity index (χ0) is 16.8. The van der Waals surface area contributed by atoms with Gasteiger partial charge in [0, 0.05) is 11.6 Å². The Balaban J connectivity index is 1.93. The molecule has 1 amide bonds. The van der Waals surface area contributed by atoms with E-state index < -0.39 is 6.10 Å². The summed E-state index contributed by atoms with van der Waals surface area (Å²) in [5.41, 5.74) is 2.31. The van der Waals surface area contributed by atoms with Gasteiger partial charge in [0.1, 0.15) is 5.75 Å². The van der Waals surface area contributed by atoms with Crippen LogP contribution in [0, 0.1) is 18.3 Å². The number of rotatable bonds is 5. The normalized spacial score (nSPS) is 11.4. The number of nitrogens with zero attached hydrogens (tertiary/aromatic N) is 1. The maximum absolute atomic E-state index is 12.1. The summed E-state index contributed by atoms with van der Waals surface area (Å²) in [4.78, 5) is 12.1. The molecule has 0 saturated heterocycles. The van der Waals surface area contributed by atoms with Crippen molar-refractivity contribution in [3.05, 3.63) is 64.2 Å². The Morgan fingerprint density at radius 3 is 2.83 bits per heavy atom. The van der Waals surface area contributed by atoms with Crippen molar-refractivity contribution in [1.82, 2.24) is 5.32 Å². The van der Waals surface area contributed by atoms with Crippen LogP contribution < -0.4 is 10.1 Å². The Morgan fingerprint density at radius 1 is 1.35 bits per heavy atom. The zero-order valence-electron chi connectivity index (χ0n) is 13.0. The highest BCUT2D eigenvalue weighted by atomic mass is 35.5. The van der Waals surface area contributed by atoms with Crippen LogP contribution in [0.4, 0.5) is 0 Å². The van der Waals surface area contributed by atoms with Crippen molar-refractivity contribution in [2.75, 3.05) is 0 Å². The Kier molecular flexibility index (Phi) is 5.61. The highest BCUT2D eigenvalue weighted by Gasteiger charge is 2.15. The number of amides is 1. The first-order chi connectivity index (χ1) is 11.0. The zero-order valence-corrected chi connectivity index (χ0v) is 13.7. The van der Waals surface area contributed by atoms with Gasteiger partial charge >= 0.3 is 0 Å². The van der Waals surface area contributed by atoms with E-state index >= 15 is 0 Å². The summed E-state index contributed by atoms with van der Waals surface area (Å²) in [6.45, 7) is 3.91. The van der Waals surface area contributed by atoms with Crippen molar-refractivity contribution < 1.29 is 9.53 Å². The van der Waals surface area contributed by atoms with Gasteiger partial charge in [-0.1, -0.05) is 23.7 Å². The van der Waals surface area contributed by atoms with Crippen molar-refractivity contribution in [2.45, 2.75) is 26.5 Å². The molecule has 0 fully saturated rings. The molecule has 5 heteroatoms. The first-order valence-corrected chi connectivity index (χ1v) is 7.57. The quantitative estimate of drug-likeness (QED) is 0.912. The molecule has 0 saturated carbocycles. The van der Waals surface area contributed by atoms with Crippen LogP contribution in [0.15, 0.2) is 42.5 Å². The smallest absolute Gasteiger partial charge is 0.261 e. The molecule has 0 aliphatic carbocycles. The van der Waals surface area contributed by atoms with Gasteiger partial charge in [0.05, 0.1) is 11.6 Å². The summed E-state index contributed by atoms with van der Waals surface area (Å²) < 4.78 is 5.67. The summed E-state index contributed by atoms with van der Waals surface area (Å²) in [7, 11) is 0. The van der Waals surface area contributed by atoms with Crippen molar-refractivity contribution in [3.8, 4) is 11.8 Å². The fourth-order valence-electron chi connectivity index (χ4n) is 2.07. The second-order valence-corrected chi connectivity index (χ2v) is 5.64. The Hall–Kier alpha value is -2.51. The van der Waals surface area contributed by atoms with Crippen molar-refractivity contribution in [1.29, 1.82) is 5.26 Å². The summed E-state index contributed by atoms with van der Waals surface area (Å²) in [5.74, 6) is 0.408. The third kappa shape index (κ3) is 4.73. The molecule has 1 atom stereocenters. The van der Waals surface area contributed by atoms with Gasteiger partial charge in [0.25, 0.3) is 5.91 Å². The number of carbonyl (C=O) groups excluding carboxylic acids is 1. The monoisotopic (exact) mass is 328 g/mol. The van der Waals surface area contributed by atoms with Crippen LogP contribution in [-0.4, -0.2) is 12.0 Å². The van der Waals surface area contributed by atoms with Gasteiger partial charge in [0.15, 0.2) is 6.10 Å². The third-order valence-electron chi connectivity index (χ3n) is 3.33. The number of nitriles is 1. The summed E-state index contributed by atoms with van der Waals surface area (Å²) in [6, 6.07) is 14.4. The maximum atomic E-state index is 12.1. The van der Waals surface area contributed by atoms with E-state index in [0.717, 1.165) is 11.1 Å². The molecule has 4 nitrogen and oxygen atoms in total. The first-order valence-electron chi connectivity index (χ1n) is 7.19. The minimum Gasteiger partial charge on any atom is -0.481 e. The predicted molar refractivity (Wildman–Crippen MR) is 89.3 cm³/mol. The molecule has 0 heterocycles. The lowest BCUT2D eigenvalue weighted by Gasteiger charge is -2.16. The Bertz CT molecular complexity index is 753. The highest BCUT2D eigenvalue weighted by Crippen LogP contribution is 2.22. The number of ether oxygens (including phenoxy) is 1. The molecule has 2 aromatic carbocycles. The van der Waals surface area contributed by atoms with Crippen molar-refractivity contribution in [3.63, 3.8) is 0 Å². The number of halogens is 1. The van der Waals surface area contributed by atoms with Gasteiger partial charge in [-0.05, 0) is 55.3 Å². The van der Waals surface area contributed by atoms with Crippen LogP contribution in [0.5, 0.6) is 5.75 Å². The predicted octanol–water partition coefficient (Wildman–Crippen LogP) is 3.60.